The molecule has 2 atom stereocenters. The van der Waals surface area contributed by atoms with Crippen LogP contribution in [0.2, 0.25) is 0 Å². The molecule has 0 bridgehead atoms. The molecule has 1 heterocycles. The summed E-state index contributed by atoms with van der Waals surface area (Å²) >= 11 is 0. The minimum atomic E-state index is -0.228. The normalized spacial score (nSPS) is 22.1. The molecule has 0 spiro atoms. The third kappa shape index (κ3) is 3.65. The summed E-state index contributed by atoms with van der Waals surface area (Å²) in [5, 5.41) is 13.4. The van der Waals surface area contributed by atoms with E-state index in [1.165, 1.54) is 6.42 Å². The molecule has 1 aliphatic carbocycles. The van der Waals surface area contributed by atoms with E-state index in [1.54, 1.807) is 6.20 Å². The summed E-state index contributed by atoms with van der Waals surface area (Å²) in [5.74, 6) is 0.749. The number of aromatic nitrogens is 2. The molecule has 1 aromatic carbocycles. The first-order valence-electron chi connectivity index (χ1n) is 7.62. The Balaban J connectivity index is 1.66. The molecule has 4 nitrogen and oxygen atoms in total. The largest absolute Gasteiger partial charge is 0.392 e. The highest BCUT2D eigenvalue weighted by Gasteiger charge is 2.22. The lowest BCUT2D eigenvalue weighted by atomic mass is 9.92. The first kappa shape index (κ1) is 14.2. The molecule has 0 saturated heterocycles. The predicted octanol–water partition coefficient (Wildman–Crippen LogP) is 2.54. The Morgan fingerprint density at radius 1 is 1.10 bits per heavy atom. The van der Waals surface area contributed by atoms with Gasteiger partial charge in [-0.2, -0.15) is 0 Å². The van der Waals surface area contributed by atoms with Gasteiger partial charge in [-0.25, -0.2) is 9.97 Å². The second kappa shape index (κ2) is 6.78. The van der Waals surface area contributed by atoms with Gasteiger partial charge in [-0.3, -0.25) is 0 Å². The van der Waals surface area contributed by atoms with Crippen molar-refractivity contribution in [2.45, 2.75) is 44.4 Å². The molecular weight excluding hydrogens is 262 g/mol. The molecule has 1 aromatic heterocycles. The van der Waals surface area contributed by atoms with Crippen LogP contribution in [0, 0.1) is 0 Å². The van der Waals surface area contributed by atoms with E-state index < -0.39 is 0 Å². The average Bonchev–Trinajstić information content (AvgIpc) is 2.55. The van der Waals surface area contributed by atoms with Gasteiger partial charge in [0.25, 0.3) is 0 Å². The molecule has 1 saturated carbocycles. The minimum Gasteiger partial charge on any atom is -0.392 e. The van der Waals surface area contributed by atoms with Gasteiger partial charge in [-0.05, 0) is 18.9 Å². The molecule has 21 heavy (non-hydrogen) atoms. The fraction of sp³-hybridized carbons (Fsp3) is 0.412. The number of aliphatic hydroxyl groups excluding tert-OH is 1. The lowest BCUT2D eigenvalue weighted by Gasteiger charge is -2.28. The number of aliphatic hydroxyl groups is 1. The molecule has 2 aromatic rings. The summed E-state index contributed by atoms with van der Waals surface area (Å²) < 4.78 is 0. The first-order valence-corrected chi connectivity index (χ1v) is 7.62. The van der Waals surface area contributed by atoms with Crippen molar-refractivity contribution in [3.05, 3.63) is 48.3 Å². The van der Waals surface area contributed by atoms with E-state index in [0.29, 0.717) is 6.54 Å². The van der Waals surface area contributed by atoms with Crippen LogP contribution in [0.3, 0.4) is 0 Å². The van der Waals surface area contributed by atoms with Crippen molar-refractivity contribution in [1.82, 2.24) is 15.3 Å². The third-order valence-electron chi connectivity index (χ3n) is 4.02. The van der Waals surface area contributed by atoms with Crippen LogP contribution < -0.4 is 5.32 Å². The summed E-state index contributed by atoms with van der Waals surface area (Å²) in [4.78, 5) is 8.93. The highest BCUT2D eigenvalue weighted by Crippen LogP contribution is 2.19. The highest BCUT2D eigenvalue weighted by atomic mass is 16.3. The van der Waals surface area contributed by atoms with Gasteiger partial charge in [0.15, 0.2) is 5.82 Å². The van der Waals surface area contributed by atoms with Crippen LogP contribution in [0.15, 0.2) is 42.6 Å². The zero-order valence-electron chi connectivity index (χ0n) is 12.1. The van der Waals surface area contributed by atoms with Gasteiger partial charge >= 0.3 is 0 Å². The fourth-order valence-corrected chi connectivity index (χ4v) is 2.81. The maximum Gasteiger partial charge on any atom is 0.159 e. The van der Waals surface area contributed by atoms with Gasteiger partial charge in [0, 0.05) is 24.3 Å². The van der Waals surface area contributed by atoms with Gasteiger partial charge in [0.1, 0.15) is 0 Å². The Bertz CT molecular complexity index is 573. The van der Waals surface area contributed by atoms with Crippen LogP contribution in [0.4, 0.5) is 0 Å². The molecular formula is C17H21N3O. The van der Waals surface area contributed by atoms with Crippen molar-refractivity contribution in [3.63, 3.8) is 0 Å². The SMILES string of the molecule is OC1CCCCC1NCc1ccnc(-c2ccccc2)n1. The summed E-state index contributed by atoms with van der Waals surface area (Å²) in [6.45, 7) is 0.671. The van der Waals surface area contributed by atoms with E-state index in [4.69, 9.17) is 0 Å². The lowest BCUT2D eigenvalue weighted by Crippen LogP contribution is -2.41. The zero-order valence-corrected chi connectivity index (χ0v) is 12.1. The molecule has 2 N–H and O–H groups in total. The molecule has 3 rings (SSSR count). The van der Waals surface area contributed by atoms with Crippen LogP contribution in [-0.2, 0) is 6.54 Å². The Morgan fingerprint density at radius 2 is 1.90 bits per heavy atom. The Kier molecular flexibility index (Phi) is 4.58. The van der Waals surface area contributed by atoms with Gasteiger partial charge in [0.05, 0.1) is 11.8 Å². The minimum absolute atomic E-state index is 0.189. The molecule has 110 valence electrons. The maximum atomic E-state index is 9.98. The average molecular weight is 283 g/mol. The maximum absolute atomic E-state index is 9.98. The second-order valence-corrected chi connectivity index (χ2v) is 5.58. The van der Waals surface area contributed by atoms with Crippen LogP contribution in [-0.4, -0.2) is 27.2 Å². The predicted molar refractivity (Wildman–Crippen MR) is 82.6 cm³/mol. The summed E-state index contributed by atoms with van der Waals surface area (Å²) in [7, 11) is 0. The summed E-state index contributed by atoms with van der Waals surface area (Å²) in [6.07, 6.45) is 5.82. The first-order chi connectivity index (χ1) is 10.3. The molecule has 0 radical (unpaired) electrons. The highest BCUT2D eigenvalue weighted by molar-refractivity contribution is 5.54. The quantitative estimate of drug-likeness (QED) is 0.905. The van der Waals surface area contributed by atoms with Crippen molar-refractivity contribution >= 4 is 0 Å². The van der Waals surface area contributed by atoms with Crippen molar-refractivity contribution in [2.75, 3.05) is 0 Å². The fourth-order valence-electron chi connectivity index (χ4n) is 2.81. The monoisotopic (exact) mass is 283 g/mol. The van der Waals surface area contributed by atoms with Crippen molar-refractivity contribution in [2.24, 2.45) is 0 Å². The number of nitrogens with one attached hydrogen (secondary N) is 1. The zero-order chi connectivity index (χ0) is 14.5. The molecule has 2 unspecified atom stereocenters. The second-order valence-electron chi connectivity index (χ2n) is 5.58. The molecule has 4 heteroatoms. The summed E-state index contributed by atoms with van der Waals surface area (Å²) in [6, 6.07) is 12.1. The molecule has 1 aliphatic rings. The van der Waals surface area contributed by atoms with Gasteiger partial charge < -0.3 is 10.4 Å². The van der Waals surface area contributed by atoms with E-state index in [-0.39, 0.29) is 12.1 Å². The van der Waals surface area contributed by atoms with E-state index >= 15 is 0 Å². The van der Waals surface area contributed by atoms with Crippen LogP contribution in [0.1, 0.15) is 31.4 Å². The number of nitrogens with zero attached hydrogens (tertiary/aromatic N) is 2. The van der Waals surface area contributed by atoms with E-state index in [1.807, 2.05) is 36.4 Å². The van der Waals surface area contributed by atoms with Crippen molar-refractivity contribution in [3.8, 4) is 11.4 Å². The van der Waals surface area contributed by atoms with E-state index in [9.17, 15) is 5.11 Å². The Morgan fingerprint density at radius 3 is 2.71 bits per heavy atom. The lowest BCUT2D eigenvalue weighted by molar-refractivity contribution is 0.0901. The number of hydrogen-bond donors (Lipinski definition) is 2. The van der Waals surface area contributed by atoms with Crippen molar-refractivity contribution < 1.29 is 5.11 Å². The van der Waals surface area contributed by atoms with E-state index in [2.05, 4.69) is 15.3 Å². The van der Waals surface area contributed by atoms with Crippen LogP contribution in [0.25, 0.3) is 11.4 Å². The van der Waals surface area contributed by atoms with Gasteiger partial charge in [0.2, 0.25) is 0 Å². The standard InChI is InChI=1S/C17H21N3O/c21-16-9-5-4-8-15(16)19-12-14-10-11-18-17(20-14)13-6-2-1-3-7-13/h1-3,6-7,10-11,15-16,19,21H,4-5,8-9,12H2. The number of rotatable bonds is 4. The molecule has 0 aliphatic heterocycles. The smallest absolute Gasteiger partial charge is 0.159 e. The number of hydrogen-bond acceptors (Lipinski definition) is 4. The van der Waals surface area contributed by atoms with Crippen molar-refractivity contribution in [1.29, 1.82) is 0 Å². The third-order valence-corrected chi connectivity index (χ3v) is 4.02. The van der Waals surface area contributed by atoms with Crippen LogP contribution >= 0.6 is 0 Å². The molecule has 0 amide bonds. The Hall–Kier alpha value is -1.78. The molecule has 1 fully saturated rings. The van der Waals surface area contributed by atoms with Crippen LogP contribution in [0.5, 0.6) is 0 Å². The van der Waals surface area contributed by atoms with E-state index in [0.717, 1.165) is 36.3 Å². The van der Waals surface area contributed by atoms with Gasteiger partial charge in [-0.1, -0.05) is 43.2 Å². The van der Waals surface area contributed by atoms with Gasteiger partial charge in [-0.15, -0.1) is 0 Å². The Labute approximate surface area is 125 Å². The topological polar surface area (TPSA) is 58.0 Å². The number of benzene rings is 1. The summed E-state index contributed by atoms with van der Waals surface area (Å²) in [5.41, 5.74) is 1.98.